The van der Waals surface area contributed by atoms with E-state index >= 15 is 0 Å². The average Bonchev–Trinajstić information content (AvgIpc) is 3.51. The Kier molecular flexibility index (Phi) is 7.69. The molecule has 8 nitrogen and oxygen atoms in total. The molecule has 0 bridgehead atoms. The van der Waals surface area contributed by atoms with E-state index in [0.29, 0.717) is 32.6 Å². The molecule has 4 aromatic carbocycles. The molecule has 2 unspecified atom stereocenters. The Morgan fingerprint density at radius 2 is 1.64 bits per heavy atom. The van der Waals surface area contributed by atoms with E-state index in [4.69, 9.17) is 4.74 Å². The Bertz CT molecular complexity index is 2030. The zero-order valence-electron chi connectivity index (χ0n) is 22.6. The number of rotatable bonds is 6. The zero-order chi connectivity index (χ0) is 30.5. The molecule has 0 spiro atoms. The third kappa shape index (κ3) is 5.29. The van der Waals surface area contributed by atoms with Gasteiger partial charge in [0.05, 0.1) is 16.6 Å². The summed E-state index contributed by atoms with van der Waals surface area (Å²) in [6.07, 6.45) is 0. The second-order valence-corrected chi connectivity index (χ2v) is 14.3. The number of fused-ring (bicyclic) bond motifs is 3. The van der Waals surface area contributed by atoms with Crippen LogP contribution >= 0.6 is 55.0 Å². The van der Waals surface area contributed by atoms with E-state index in [1.54, 1.807) is 36.4 Å². The lowest BCUT2D eigenvalue weighted by Crippen LogP contribution is -2.32. The quantitative estimate of drug-likeness (QED) is 0.182. The number of nitrogens with zero attached hydrogens (tertiary/aromatic N) is 1. The first-order valence-corrected chi connectivity index (χ1v) is 16.8. The molecule has 3 amide bonds. The molecule has 0 radical (unpaired) electrons. The second kappa shape index (κ2) is 11.7. The predicted molar refractivity (Wildman–Crippen MR) is 179 cm³/mol. The first kappa shape index (κ1) is 29.0. The van der Waals surface area contributed by atoms with Crippen LogP contribution in [-0.2, 0) is 14.4 Å². The molecule has 220 valence electrons. The fourth-order valence-corrected chi connectivity index (χ4v) is 8.85. The smallest absolute Gasteiger partial charge is 0.305 e. The molecule has 1 fully saturated rings. The molecule has 0 saturated carbocycles. The summed E-state index contributed by atoms with van der Waals surface area (Å²) in [5, 5.41) is 4.75. The number of nitrogens with one attached hydrogen (secondary N) is 2. The van der Waals surface area contributed by atoms with Gasteiger partial charge in [-0.15, -0.1) is 0 Å². The minimum atomic E-state index is -0.793. The minimum absolute atomic E-state index is 0.274. The molecular weight excluding hydrogens is 730 g/mol. The van der Waals surface area contributed by atoms with Gasteiger partial charge in [0.1, 0.15) is 11.0 Å². The van der Waals surface area contributed by atoms with Crippen LogP contribution in [0, 0.1) is 5.92 Å². The summed E-state index contributed by atoms with van der Waals surface area (Å²) in [5.74, 6) is -2.13. The Morgan fingerprint density at radius 1 is 0.886 bits per heavy atom. The number of aromatic nitrogens is 1. The van der Waals surface area contributed by atoms with Crippen LogP contribution < -0.4 is 19.8 Å². The number of thioether (sulfide) groups is 1. The number of aromatic amines is 1. The summed E-state index contributed by atoms with van der Waals surface area (Å²) >= 11 is 9.16. The van der Waals surface area contributed by atoms with Crippen molar-refractivity contribution >= 4 is 94.8 Å². The highest BCUT2D eigenvalue weighted by molar-refractivity contribution is 9.10. The highest BCUT2D eigenvalue weighted by Gasteiger charge is 2.56. The van der Waals surface area contributed by atoms with Crippen molar-refractivity contribution in [2.75, 3.05) is 16.8 Å². The number of anilines is 2. The maximum absolute atomic E-state index is 14.1. The van der Waals surface area contributed by atoms with E-state index < -0.39 is 17.1 Å². The van der Waals surface area contributed by atoms with Crippen molar-refractivity contribution in [3.8, 4) is 5.75 Å². The molecule has 44 heavy (non-hydrogen) atoms. The summed E-state index contributed by atoms with van der Waals surface area (Å²) in [6.45, 7) is -0.287. The molecule has 1 saturated heterocycles. The van der Waals surface area contributed by atoms with Crippen molar-refractivity contribution in [3.63, 3.8) is 0 Å². The Hall–Kier alpha value is -3.71. The second-order valence-electron chi connectivity index (χ2n) is 10.3. The van der Waals surface area contributed by atoms with Crippen molar-refractivity contribution in [1.82, 2.24) is 4.98 Å². The number of imide groups is 1. The molecule has 2 N–H and O–H groups in total. The Morgan fingerprint density at radius 3 is 2.43 bits per heavy atom. The van der Waals surface area contributed by atoms with Crippen molar-refractivity contribution in [1.29, 1.82) is 0 Å². The molecule has 1 aromatic heterocycles. The average molecular weight is 751 g/mol. The van der Waals surface area contributed by atoms with E-state index in [1.165, 1.54) is 16.7 Å². The van der Waals surface area contributed by atoms with Crippen LogP contribution in [-0.4, -0.2) is 34.6 Å². The van der Waals surface area contributed by atoms with Gasteiger partial charge in [0.15, 0.2) is 6.61 Å². The van der Waals surface area contributed by atoms with Gasteiger partial charge in [-0.2, -0.15) is 0 Å². The molecule has 2 aliphatic heterocycles. The van der Waals surface area contributed by atoms with Crippen LogP contribution in [0.4, 0.5) is 11.4 Å². The molecule has 7 rings (SSSR count). The SMILES string of the molecule is O=C(COc1ccc(Br)cc1[C@H]1c2sc(=O)[nH]c2SC2C(=O)N(c3ccc(Br)cc3)C(=O)C21)Nc1ccc2ccccc2c1. The topological polar surface area (TPSA) is 109 Å². The summed E-state index contributed by atoms with van der Waals surface area (Å²) in [6, 6.07) is 25.9. The fourth-order valence-electron chi connectivity index (χ4n) is 5.70. The van der Waals surface area contributed by atoms with Gasteiger partial charge in [0, 0.05) is 31.0 Å². The number of carbonyl (C=O) groups excluding carboxylic acids is 3. The number of hydrogen-bond acceptors (Lipinski definition) is 7. The van der Waals surface area contributed by atoms with E-state index in [-0.39, 0.29) is 29.2 Å². The monoisotopic (exact) mass is 749 g/mol. The number of carbonyl (C=O) groups is 3. The Labute approximate surface area is 276 Å². The molecule has 12 heteroatoms. The first-order valence-electron chi connectivity index (χ1n) is 13.5. The van der Waals surface area contributed by atoms with Crippen molar-refractivity contribution < 1.29 is 19.1 Å². The van der Waals surface area contributed by atoms with Crippen molar-refractivity contribution in [2.24, 2.45) is 5.92 Å². The van der Waals surface area contributed by atoms with Gasteiger partial charge in [-0.25, -0.2) is 4.90 Å². The number of H-pyrrole nitrogens is 1. The fraction of sp³-hybridized carbons (Fsp3) is 0.125. The van der Waals surface area contributed by atoms with Gasteiger partial charge < -0.3 is 15.0 Å². The summed E-state index contributed by atoms with van der Waals surface area (Å²) < 4.78 is 7.63. The highest BCUT2D eigenvalue weighted by atomic mass is 79.9. The summed E-state index contributed by atoms with van der Waals surface area (Å²) in [7, 11) is 0. The van der Waals surface area contributed by atoms with E-state index in [0.717, 1.165) is 31.1 Å². The van der Waals surface area contributed by atoms with Gasteiger partial charge in [-0.1, -0.05) is 85.3 Å². The van der Waals surface area contributed by atoms with Crippen LogP contribution in [0.2, 0.25) is 0 Å². The van der Waals surface area contributed by atoms with Crippen molar-refractivity contribution in [3.05, 3.63) is 114 Å². The number of hydrogen-bond donors (Lipinski definition) is 2. The number of thiazole rings is 1. The predicted octanol–water partition coefficient (Wildman–Crippen LogP) is 6.93. The molecule has 5 aromatic rings. The van der Waals surface area contributed by atoms with Crippen LogP contribution in [0.1, 0.15) is 16.4 Å². The number of halogens is 2. The Balaban J connectivity index is 1.21. The van der Waals surface area contributed by atoms with E-state index in [9.17, 15) is 19.2 Å². The number of amides is 3. The van der Waals surface area contributed by atoms with Crippen LogP contribution in [0.25, 0.3) is 10.8 Å². The highest BCUT2D eigenvalue weighted by Crippen LogP contribution is 2.54. The van der Waals surface area contributed by atoms with Crippen LogP contribution in [0.15, 0.2) is 104 Å². The van der Waals surface area contributed by atoms with E-state index in [1.807, 2.05) is 48.5 Å². The number of benzene rings is 4. The zero-order valence-corrected chi connectivity index (χ0v) is 27.4. The molecule has 0 aliphatic carbocycles. The maximum atomic E-state index is 14.1. The van der Waals surface area contributed by atoms with Gasteiger partial charge in [0.25, 0.3) is 5.91 Å². The lowest BCUT2D eigenvalue weighted by Gasteiger charge is -2.31. The number of ether oxygens (including phenoxy) is 1. The van der Waals surface area contributed by atoms with Crippen LogP contribution in [0.3, 0.4) is 0 Å². The summed E-state index contributed by atoms with van der Waals surface area (Å²) in [4.78, 5) is 57.8. The van der Waals surface area contributed by atoms with Crippen molar-refractivity contribution in [2.45, 2.75) is 16.2 Å². The third-order valence-electron chi connectivity index (χ3n) is 7.61. The minimum Gasteiger partial charge on any atom is -0.483 e. The van der Waals surface area contributed by atoms with Gasteiger partial charge in [-0.3, -0.25) is 19.2 Å². The van der Waals surface area contributed by atoms with E-state index in [2.05, 4.69) is 42.2 Å². The lowest BCUT2D eigenvalue weighted by atomic mass is 9.82. The lowest BCUT2D eigenvalue weighted by molar-refractivity contribution is -0.122. The third-order valence-corrected chi connectivity index (χ3v) is 11.0. The maximum Gasteiger partial charge on any atom is 0.305 e. The normalized spacial score (nSPS) is 19.1. The van der Waals surface area contributed by atoms with Gasteiger partial charge in [0.2, 0.25) is 11.8 Å². The molecular formula is C32H21Br2N3O5S2. The summed E-state index contributed by atoms with van der Waals surface area (Å²) in [5.41, 5.74) is 1.72. The van der Waals surface area contributed by atoms with Gasteiger partial charge in [-0.05, 0) is 65.4 Å². The largest absolute Gasteiger partial charge is 0.483 e. The standard InChI is InChI=1S/C32H21Br2N3O5S2/c33-18-6-10-21(11-7-18)37-30(39)26-25(27-29(36-32(41)44-27)43-28(26)31(37)40)22-14-19(34)8-12-23(22)42-15-24(38)35-20-9-5-16-3-1-2-4-17(16)13-20/h1-14,25-26,28H,15H2,(H,35,38)(H,36,41)/t25-,26?,28?/m1/s1. The first-order chi connectivity index (χ1) is 21.3. The van der Waals surface area contributed by atoms with Crippen LogP contribution in [0.5, 0.6) is 5.75 Å². The molecule has 2 aliphatic rings. The van der Waals surface area contributed by atoms with Gasteiger partial charge >= 0.3 is 4.87 Å². The molecule has 3 atom stereocenters. The molecule has 3 heterocycles.